The van der Waals surface area contributed by atoms with Gasteiger partial charge in [0.25, 0.3) is 0 Å². The number of fused-ring (bicyclic) bond motifs is 2. The minimum Gasteiger partial charge on any atom is -0.456 e. The van der Waals surface area contributed by atoms with Crippen LogP contribution in [0.1, 0.15) is 53.9 Å². The Hall–Kier alpha value is -1.88. The van der Waals surface area contributed by atoms with Crippen LogP contribution in [-0.2, 0) is 19.1 Å². The lowest BCUT2D eigenvalue weighted by molar-refractivity contribution is -0.195. The van der Waals surface area contributed by atoms with Crippen molar-refractivity contribution in [3.63, 3.8) is 0 Å². The second-order valence-electron chi connectivity index (χ2n) is 7.77. The number of aliphatic hydroxyl groups is 1. The van der Waals surface area contributed by atoms with Crippen molar-refractivity contribution in [2.24, 2.45) is 11.3 Å². The predicted molar refractivity (Wildman–Crippen MR) is 92.3 cm³/mol. The van der Waals surface area contributed by atoms with E-state index in [1.54, 1.807) is 32.9 Å². The van der Waals surface area contributed by atoms with Crippen molar-refractivity contribution in [2.45, 2.75) is 65.6 Å². The maximum atomic E-state index is 12.3. The van der Waals surface area contributed by atoms with Crippen LogP contribution in [0, 0.1) is 11.3 Å². The zero-order valence-corrected chi connectivity index (χ0v) is 15.5. The number of rotatable bonds is 2. The third-order valence-corrected chi connectivity index (χ3v) is 6.51. The summed E-state index contributed by atoms with van der Waals surface area (Å²) in [7, 11) is 0. The molecule has 5 heteroatoms. The highest BCUT2D eigenvalue weighted by Crippen LogP contribution is 2.58. The molecule has 3 aliphatic rings. The third kappa shape index (κ3) is 2.48. The summed E-state index contributed by atoms with van der Waals surface area (Å²) in [6.45, 7) is 9.34. The molecular formula is C20H26O5. The van der Waals surface area contributed by atoms with Crippen molar-refractivity contribution in [2.75, 3.05) is 0 Å². The smallest absolute Gasteiger partial charge is 0.339 e. The normalized spacial score (nSPS) is 37.9. The average Bonchev–Trinajstić information content (AvgIpc) is 2.83. The zero-order chi connectivity index (χ0) is 18.6. The highest BCUT2D eigenvalue weighted by Gasteiger charge is 2.61. The molecule has 0 amide bonds. The van der Waals surface area contributed by atoms with Gasteiger partial charge in [-0.2, -0.15) is 0 Å². The van der Waals surface area contributed by atoms with Crippen LogP contribution >= 0.6 is 0 Å². The van der Waals surface area contributed by atoms with Crippen LogP contribution in [0.5, 0.6) is 0 Å². The molecule has 0 aromatic rings. The van der Waals surface area contributed by atoms with Crippen LogP contribution in [0.2, 0.25) is 0 Å². The highest BCUT2D eigenvalue weighted by molar-refractivity contribution is 5.94. The lowest BCUT2D eigenvalue weighted by Gasteiger charge is -2.56. The maximum absolute atomic E-state index is 12.3. The second kappa shape index (κ2) is 5.84. The molecule has 2 aliphatic carbocycles. The maximum Gasteiger partial charge on any atom is 0.339 e. The van der Waals surface area contributed by atoms with E-state index in [2.05, 4.69) is 6.92 Å². The monoisotopic (exact) mass is 346 g/mol. The van der Waals surface area contributed by atoms with Crippen molar-refractivity contribution < 1.29 is 24.2 Å². The SMILES string of the molecule is CC=C(C)C(=O)OC1CCC(C)C2(C)CC3=C(C)C(=O)OC3=CC12O. The molecule has 4 unspecified atom stereocenters. The van der Waals surface area contributed by atoms with E-state index in [1.165, 1.54) is 0 Å². The van der Waals surface area contributed by atoms with Gasteiger partial charge in [-0.1, -0.05) is 19.9 Å². The summed E-state index contributed by atoms with van der Waals surface area (Å²) >= 11 is 0. The quantitative estimate of drug-likeness (QED) is 0.614. The number of hydrogen-bond donors (Lipinski definition) is 1. The van der Waals surface area contributed by atoms with Gasteiger partial charge in [0.15, 0.2) is 0 Å². The lowest BCUT2D eigenvalue weighted by atomic mass is 9.53. The molecule has 3 rings (SSSR count). The molecule has 0 aromatic heterocycles. The Labute approximate surface area is 148 Å². The first-order chi connectivity index (χ1) is 11.6. The molecule has 0 aromatic carbocycles. The number of allylic oxidation sites excluding steroid dienone is 2. The lowest BCUT2D eigenvalue weighted by Crippen LogP contribution is -2.62. The third-order valence-electron chi connectivity index (χ3n) is 6.51. The van der Waals surface area contributed by atoms with Crippen LogP contribution in [0.25, 0.3) is 0 Å². The van der Waals surface area contributed by atoms with E-state index < -0.39 is 23.1 Å². The molecule has 1 N–H and O–H groups in total. The Morgan fingerprint density at radius 2 is 2.12 bits per heavy atom. The highest BCUT2D eigenvalue weighted by atomic mass is 16.6. The fraction of sp³-hybridized carbons (Fsp3) is 0.600. The van der Waals surface area contributed by atoms with Gasteiger partial charge in [-0.3, -0.25) is 0 Å². The fourth-order valence-corrected chi connectivity index (χ4v) is 4.21. The van der Waals surface area contributed by atoms with Gasteiger partial charge < -0.3 is 14.6 Å². The standard InChI is InChI=1S/C20H26O5/c1-6-11(2)17(21)25-16-8-7-12(3)19(5)9-14-13(4)18(22)24-15(14)10-20(16,19)23/h6,10,12,16,23H,7-9H2,1-5H3. The molecule has 1 saturated carbocycles. The Morgan fingerprint density at radius 3 is 2.76 bits per heavy atom. The largest absolute Gasteiger partial charge is 0.456 e. The van der Waals surface area contributed by atoms with E-state index in [0.717, 1.165) is 12.0 Å². The molecule has 1 heterocycles. The van der Waals surface area contributed by atoms with Crippen LogP contribution < -0.4 is 0 Å². The Balaban J connectivity index is 2.04. The van der Waals surface area contributed by atoms with Gasteiger partial charge in [-0.05, 0) is 52.0 Å². The minimum absolute atomic E-state index is 0.212. The van der Waals surface area contributed by atoms with Crippen LogP contribution in [0.3, 0.4) is 0 Å². The zero-order valence-electron chi connectivity index (χ0n) is 15.5. The first-order valence-corrected chi connectivity index (χ1v) is 8.85. The number of carbonyl (C=O) groups is 2. The number of carbonyl (C=O) groups excluding carboxylic acids is 2. The number of ether oxygens (including phenoxy) is 2. The van der Waals surface area contributed by atoms with E-state index in [4.69, 9.17) is 9.47 Å². The number of hydrogen-bond acceptors (Lipinski definition) is 5. The minimum atomic E-state index is -1.36. The molecular weight excluding hydrogens is 320 g/mol. The van der Waals surface area contributed by atoms with Gasteiger partial charge in [0.2, 0.25) is 0 Å². The van der Waals surface area contributed by atoms with Crippen molar-refractivity contribution >= 4 is 11.9 Å². The molecule has 0 bridgehead atoms. The summed E-state index contributed by atoms with van der Waals surface area (Å²) in [5.41, 5.74) is 0.0778. The molecule has 0 spiro atoms. The molecule has 5 nitrogen and oxygen atoms in total. The molecule has 1 aliphatic heterocycles. The predicted octanol–water partition coefficient (Wildman–Crippen LogP) is 3.19. The van der Waals surface area contributed by atoms with Crippen LogP contribution in [-0.4, -0.2) is 28.8 Å². The van der Waals surface area contributed by atoms with E-state index in [0.29, 0.717) is 29.7 Å². The first-order valence-electron chi connectivity index (χ1n) is 8.85. The van der Waals surface area contributed by atoms with Gasteiger partial charge in [0.1, 0.15) is 17.5 Å². The molecule has 4 atom stereocenters. The topological polar surface area (TPSA) is 72.8 Å². The Morgan fingerprint density at radius 1 is 1.44 bits per heavy atom. The van der Waals surface area contributed by atoms with Crippen molar-refractivity contribution in [3.8, 4) is 0 Å². The summed E-state index contributed by atoms with van der Waals surface area (Å²) in [5.74, 6) is -0.153. The number of esters is 2. The summed E-state index contributed by atoms with van der Waals surface area (Å²) in [6.07, 6.45) is 4.59. The summed E-state index contributed by atoms with van der Waals surface area (Å²) < 4.78 is 11.0. The Kier molecular flexibility index (Phi) is 4.18. The van der Waals surface area contributed by atoms with Gasteiger partial charge in [-0.25, -0.2) is 9.59 Å². The molecule has 0 radical (unpaired) electrons. The van der Waals surface area contributed by atoms with Gasteiger partial charge >= 0.3 is 11.9 Å². The van der Waals surface area contributed by atoms with Crippen molar-refractivity contribution in [3.05, 3.63) is 34.6 Å². The van der Waals surface area contributed by atoms with Gasteiger partial charge in [-0.15, -0.1) is 0 Å². The molecule has 25 heavy (non-hydrogen) atoms. The fourth-order valence-electron chi connectivity index (χ4n) is 4.21. The van der Waals surface area contributed by atoms with Crippen molar-refractivity contribution in [1.29, 1.82) is 0 Å². The van der Waals surface area contributed by atoms with Gasteiger partial charge in [0.05, 0.1) is 0 Å². The first kappa shape index (κ1) is 17.9. The average molecular weight is 346 g/mol. The molecule has 136 valence electrons. The van der Waals surface area contributed by atoms with Crippen LogP contribution in [0.15, 0.2) is 34.6 Å². The van der Waals surface area contributed by atoms with Crippen molar-refractivity contribution in [1.82, 2.24) is 0 Å². The van der Waals surface area contributed by atoms with Crippen LogP contribution in [0.4, 0.5) is 0 Å². The van der Waals surface area contributed by atoms with E-state index in [1.807, 2.05) is 6.92 Å². The van der Waals surface area contributed by atoms with E-state index >= 15 is 0 Å². The van der Waals surface area contributed by atoms with E-state index in [9.17, 15) is 14.7 Å². The molecule has 0 saturated heterocycles. The summed E-state index contributed by atoms with van der Waals surface area (Å²) in [5, 5.41) is 11.6. The van der Waals surface area contributed by atoms with E-state index in [-0.39, 0.29) is 11.9 Å². The molecule has 1 fully saturated rings. The summed E-state index contributed by atoms with van der Waals surface area (Å²) in [4.78, 5) is 24.2. The van der Waals surface area contributed by atoms with Gasteiger partial charge in [0, 0.05) is 22.1 Å². The summed E-state index contributed by atoms with van der Waals surface area (Å²) in [6, 6.07) is 0. The Bertz CT molecular complexity index is 728. The second-order valence-corrected chi connectivity index (χ2v) is 7.77.